The Morgan fingerprint density at radius 1 is 1.19 bits per heavy atom. The van der Waals surface area contributed by atoms with Gasteiger partial charge in [-0.1, -0.05) is 12.1 Å². The van der Waals surface area contributed by atoms with E-state index in [1.165, 1.54) is 6.92 Å². The molecule has 2 bridgehead atoms. The molecule has 4 aliphatic rings. The number of hydrogen-bond donors (Lipinski definition) is 1. The van der Waals surface area contributed by atoms with E-state index < -0.39 is 11.6 Å². The van der Waals surface area contributed by atoms with Crippen LogP contribution < -0.4 is 5.32 Å². The van der Waals surface area contributed by atoms with E-state index in [2.05, 4.69) is 10.2 Å². The largest absolute Gasteiger partial charge is 0.356 e. The van der Waals surface area contributed by atoms with Crippen molar-refractivity contribution in [3.8, 4) is 0 Å². The average molecular weight is 377 g/mol. The quantitative estimate of drug-likeness (QED) is 0.872. The normalized spacial score (nSPS) is 31.7. The van der Waals surface area contributed by atoms with Crippen molar-refractivity contribution in [3.63, 3.8) is 0 Å². The third kappa shape index (κ3) is 3.22. The first-order chi connectivity index (χ1) is 13.0. The van der Waals surface area contributed by atoms with E-state index >= 15 is 0 Å². The molecule has 4 aliphatic heterocycles. The Morgan fingerprint density at radius 2 is 1.93 bits per heavy atom. The summed E-state index contributed by atoms with van der Waals surface area (Å²) in [6.45, 7) is 4.03. The average Bonchev–Trinajstić information content (AvgIpc) is 3.07. The van der Waals surface area contributed by atoms with Crippen LogP contribution in [-0.2, 0) is 9.59 Å². The van der Waals surface area contributed by atoms with E-state index in [4.69, 9.17) is 0 Å². The summed E-state index contributed by atoms with van der Waals surface area (Å²) >= 11 is 0. The van der Waals surface area contributed by atoms with Crippen molar-refractivity contribution in [2.45, 2.75) is 44.2 Å². The summed E-state index contributed by atoms with van der Waals surface area (Å²) < 4.78 is 28.4. The van der Waals surface area contributed by atoms with Crippen LogP contribution in [0.25, 0.3) is 0 Å². The Balaban J connectivity index is 1.61. The molecule has 4 saturated heterocycles. The zero-order valence-corrected chi connectivity index (χ0v) is 15.5. The highest BCUT2D eigenvalue weighted by Crippen LogP contribution is 2.47. The lowest BCUT2D eigenvalue weighted by Gasteiger charge is -2.51. The molecule has 1 aromatic rings. The molecule has 0 unspecified atom stereocenters. The maximum atomic E-state index is 14.5. The van der Waals surface area contributed by atoms with Crippen molar-refractivity contribution < 1.29 is 18.4 Å². The number of carbonyl (C=O) groups excluding carboxylic acids is 2. The van der Waals surface area contributed by atoms with E-state index in [0.717, 1.165) is 32.0 Å². The highest BCUT2D eigenvalue weighted by atomic mass is 19.2. The highest BCUT2D eigenvalue weighted by Gasteiger charge is 2.54. The molecular weight excluding hydrogens is 352 g/mol. The molecule has 5 rings (SSSR count). The summed E-state index contributed by atoms with van der Waals surface area (Å²) in [6, 6.07) is 4.41. The zero-order chi connectivity index (χ0) is 19.1. The van der Waals surface area contributed by atoms with E-state index in [1.54, 1.807) is 12.1 Å². The number of nitrogens with one attached hydrogen (secondary N) is 1. The molecule has 27 heavy (non-hydrogen) atoms. The molecule has 0 aliphatic carbocycles. The topological polar surface area (TPSA) is 52.7 Å². The Morgan fingerprint density at radius 3 is 2.63 bits per heavy atom. The first kappa shape index (κ1) is 18.3. The van der Waals surface area contributed by atoms with Crippen LogP contribution in [0.1, 0.15) is 37.7 Å². The van der Waals surface area contributed by atoms with Crippen LogP contribution in [0.5, 0.6) is 0 Å². The third-order valence-electron chi connectivity index (χ3n) is 6.41. The number of hydrogen-bond acceptors (Lipinski definition) is 3. The summed E-state index contributed by atoms with van der Waals surface area (Å²) in [5.74, 6) is -1.63. The second-order valence-corrected chi connectivity index (χ2v) is 7.88. The monoisotopic (exact) mass is 377 g/mol. The van der Waals surface area contributed by atoms with Crippen molar-refractivity contribution in [2.75, 3.05) is 26.2 Å². The number of piperidine rings is 3. The maximum Gasteiger partial charge on any atom is 0.224 e. The van der Waals surface area contributed by atoms with Gasteiger partial charge in [0.05, 0.1) is 6.04 Å². The summed E-state index contributed by atoms with van der Waals surface area (Å²) in [5, 5.41) is 2.66. The van der Waals surface area contributed by atoms with Crippen molar-refractivity contribution >= 4 is 11.8 Å². The number of fused-ring (bicyclic) bond motifs is 2. The molecule has 4 fully saturated rings. The second kappa shape index (κ2) is 7.19. The molecule has 3 atom stereocenters. The highest BCUT2D eigenvalue weighted by molar-refractivity contribution is 5.79. The van der Waals surface area contributed by atoms with Gasteiger partial charge in [0.15, 0.2) is 11.6 Å². The Bertz CT molecular complexity index is 749. The summed E-state index contributed by atoms with van der Waals surface area (Å²) in [4.78, 5) is 28.2. The molecular formula is C20H25F2N3O2. The number of nitrogens with zero attached hydrogens (tertiary/aromatic N) is 2. The minimum absolute atomic E-state index is 0.0215. The summed E-state index contributed by atoms with van der Waals surface area (Å²) in [6.07, 6.45) is 2.30. The van der Waals surface area contributed by atoms with Gasteiger partial charge in [0.1, 0.15) is 0 Å². The smallest absolute Gasteiger partial charge is 0.224 e. The first-order valence-corrected chi connectivity index (χ1v) is 9.69. The molecule has 5 nitrogen and oxygen atoms in total. The number of carbonyl (C=O) groups is 2. The molecule has 146 valence electrons. The molecule has 2 amide bonds. The van der Waals surface area contributed by atoms with E-state index in [9.17, 15) is 18.4 Å². The molecule has 1 aromatic carbocycles. The van der Waals surface area contributed by atoms with E-state index in [0.29, 0.717) is 24.6 Å². The molecule has 0 saturated carbocycles. The fourth-order valence-electron chi connectivity index (χ4n) is 5.27. The number of amides is 2. The number of halogens is 2. The van der Waals surface area contributed by atoms with Gasteiger partial charge >= 0.3 is 0 Å². The van der Waals surface area contributed by atoms with E-state index in [-0.39, 0.29) is 36.2 Å². The Hall–Kier alpha value is -2.02. The Labute approximate surface area is 157 Å². The van der Waals surface area contributed by atoms with Gasteiger partial charge < -0.3 is 10.2 Å². The van der Waals surface area contributed by atoms with Gasteiger partial charge in [0.2, 0.25) is 11.8 Å². The molecule has 0 radical (unpaired) electrons. The molecule has 1 N–H and O–H groups in total. The molecule has 4 heterocycles. The Kier molecular flexibility index (Phi) is 4.88. The lowest BCUT2D eigenvalue weighted by Crippen LogP contribution is -2.60. The van der Waals surface area contributed by atoms with Gasteiger partial charge in [-0.15, -0.1) is 0 Å². The van der Waals surface area contributed by atoms with Crippen molar-refractivity contribution in [1.82, 2.24) is 15.1 Å². The lowest BCUT2D eigenvalue weighted by molar-refractivity contribution is -0.135. The van der Waals surface area contributed by atoms with Crippen LogP contribution in [0, 0.1) is 17.6 Å². The first-order valence-electron chi connectivity index (χ1n) is 9.69. The van der Waals surface area contributed by atoms with Gasteiger partial charge in [-0.25, -0.2) is 8.78 Å². The molecule has 0 aromatic heterocycles. The number of benzene rings is 1. The van der Waals surface area contributed by atoms with Gasteiger partial charge in [0.25, 0.3) is 0 Å². The van der Waals surface area contributed by atoms with Gasteiger partial charge in [-0.3, -0.25) is 14.5 Å². The fraction of sp³-hybridized carbons (Fsp3) is 0.600. The van der Waals surface area contributed by atoms with Crippen LogP contribution >= 0.6 is 0 Å². The van der Waals surface area contributed by atoms with Crippen LogP contribution in [0.4, 0.5) is 8.78 Å². The molecule has 0 spiro atoms. The van der Waals surface area contributed by atoms with Crippen LogP contribution in [0.15, 0.2) is 18.2 Å². The van der Waals surface area contributed by atoms with Crippen molar-refractivity contribution in [2.24, 2.45) is 5.92 Å². The standard InChI is InChI=1S/C20H25F2N3O2/c1-12(26)23-8-5-17(27)25-11-15(14-3-2-4-16(21)18(14)22)20-19(25)13-6-9-24(20)10-7-13/h2-4,13,15,19-20H,5-11H2,1H3,(H,23,26)/t15-,19-,20-/m1/s1. The van der Waals surface area contributed by atoms with Crippen LogP contribution in [0.3, 0.4) is 0 Å². The second-order valence-electron chi connectivity index (χ2n) is 7.88. The number of rotatable bonds is 4. The van der Waals surface area contributed by atoms with Crippen LogP contribution in [-0.4, -0.2) is 59.9 Å². The van der Waals surface area contributed by atoms with E-state index in [1.807, 2.05) is 4.90 Å². The fourth-order valence-corrected chi connectivity index (χ4v) is 5.27. The van der Waals surface area contributed by atoms with Crippen molar-refractivity contribution in [1.29, 1.82) is 0 Å². The van der Waals surface area contributed by atoms with Gasteiger partial charge in [-0.2, -0.15) is 0 Å². The van der Waals surface area contributed by atoms with Crippen molar-refractivity contribution in [3.05, 3.63) is 35.4 Å². The van der Waals surface area contributed by atoms with Gasteiger partial charge in [-0.05, 0) is 43.5 Å². The summed E-state index contributed by atoms with van der Waals surface area (Å²) in [7, 11) is 0. The lowest BCUT2D eigenvalue weighted by atomic mass is 9.75. The molecule has 7 heteroatoms. The number of likely N-dealkylation sites (tertiary alicyclic amines) is 1. The zero-order valence-electron chi connectivity index (χ0n) is 15.5. The van der Waals surface area contributed by atoms with Crippen LogP contribution in [0.2, 0.25) is 0 Å². The summed E-state index contributed by atoms with van der Waals surface area (Å²) in [5.41, 5.74) is 0.370. The predicted molar refractivity (Wildman–Crippen MR) is 96.0 cm³/mol. The minimum Gasteiger partial charge on any atom is -0.356 e. The maximum absolute atomic E-state index is 14.5. The van der Waals surface area contributed by atoms with Gasteiger partial charge in [0, 0.05) is 38.4 Å². The third-order valence-corrected chi connectivity index (χ3v) is 6.41. The predicted octanol–water partition coefficient (Wildman–Crippen LogP) is 1.88. The minimum atomic E-state index is -0.838. The SMILES string of the molecule is CC(=O)NCCC(=O)N1C[C@H](c2cccc(F)c2F)[C@@H]2[C@H]1C1CCN2CC1.